The normalized spacial score (nSPS) is 10.2. The van der Waals surface area contributed by atoms with E-state index in [4.69, 9.17) is 0 Å². The predicted molar refractivity (Wildman–Crippen MR) is 46.6 cm³/mol. The number of aromatic nitrogens is 1. The Morgan fingerprint density at radius 1 is 1.23 bits per heavy atom. The van der Waals surface area contributed by atoms with Crippen LogP contribution in [0.5, 0.6) is 0 Å². The van der Waals surface area contributed by atoms with E-state index >= 15 is 0 Å². The molecule has 0 saturated heterocycles. The molecule has 2 rings (SSSR count). The van der Waals surface area contributed by atoms with Crippen molar-refractivity contribution in [2.24, 2.45) is 0 Å². The smallest absolute Gasteiger partial charge is 0.417 e. The van der Waals surface area contributed by atoms with E-state index in [0.29, 0.717) is 0 Å². The third kappa shape index (κ3) is 2.30. The summed E-state index contributed by atoms with van der Waals surface area (Å²) < 4.78 is 22.1. The van der Waals surface area contributed by atoms with Crippen molar-refractivity contribution < 1.29 is 38.0 Å². The first-order valence-electron chi connectivity index (χ1n) is 3.22. The van der Waals surface area contributed by atoms with Crippen molar-refractivity contribution in [2.45, 2.75) is 4.34 Å². The molecule has 0 aliphatic rings. The number of hydrogen-bond acceptors (Lipinski definition) is 5. The molecule has 3 nitrogen and oxygen atoms in total. The molecule has 1 heterocycles. The zero-order valence-electron chi connectivity index (χ0n) is 6.89. The molecule has 6 heteroatoms. The maximum Gasteiger partial charge on any atom is 1.00 e. The Balaban J connectivity index is 0.000000845. The maximum atomic E-state index is 10.5. The molecule has 13 heavy (non-hydrogen) atoms. The van der Waals surface area contributed by atoms with Crippen LogP contribution < -0.4 is 29.6 Å². The molecule has 0 amide bonds. The molecule has 0 aliphatic heterocycles. The molecule has 1 aromatic carbocycles. The van der Waals surface area contributed by atoms with Crippen LogP contribution in [-0.2, 0) is 19.1 Å². The van der Waals surface area contributed by atoms with Gasteiger partial charge in [0.1, 0.15) is 0 Å². The van der Waals surface area contributed by atoms with Gasteiger partial charge in [-0.2, -0.15) is 0 Å². The van der Waals surface area contributed by atoms with E-state index in [2.05, 4.69) is 4.98 Å². The van der Waals surface area contributed by atoms with Gasteiger partial charge in [0.05, 0.1) is 14.6 Å². The average molecular weight is 221 g/mol. The Morgan fingerprint density at radius 3 is 2.54 bits per heavy atom. The van der Waals surface area contributed by atoms with Gasteiger partial charge in [0.15, 0.2) is 0 Å². The molecule has 0 radical (unpaired) electrons. The summed E-state index contributed by atoms with van der Waals surface area (Å²) in [6, 6.07) is 7.34. The number of hydrogen-bond donors (Lipinski definition) is 0. The van der Waals surface area contributed by atoms with Gasteiger partial charge in [0, 0.05) is 0 Å². The number of thiazole rings is 1. The second kappa shape index (κ2) is 4.52. The minimum atomic E-state index is -2.20. The molecule has 0 saturated carbocycles. The quantitative estimate of drug-likeness (QED) is 0.457. The largest absolute Gasteiger partial charge is 1.00 e. The van der Waals surface area contributed by atoms with E-state index in [1.165, 1.54) is 11.3 Å². The number of fused-ring (bicyclic) bond motifs is 1. The summed E-state index contributed by atoms with van der Waals surface area (Å²) >= 11 is 1.18. The average Bonchev–Trinajstić information content (AvgIpc) is 2.46. The number of nitrogens with zero attached hydrogens (tertiary/aromatic N) is 1. The van der Waals surface area contributed by atoms with Crippen molar-refractivity contribution in [1.29, 1.82) is 0 Å². The molecule has 2 aromatic rings. The van der Waals surface area contributed by atoms with Crippen LogP contribution in [0.4, 0.5) is 0 Å². The van der Waals surface area contributed by atoms with Gasteiger partial charge >= 0.3 is 29.6 Å². The molecule has 0 atom stereocenters. The van der Waals surface area contributed by atoms with Crippen LogP contribution in [-0.4, -0.2) is 4.98 Å². The van der Waals surface area contributed by atoms with E-state index in [1.807, 2.05) is 18.2 Å². The Kier molecular flexibility index (Phi) is 3.87. The first kappa shape index (κ1) is 11.1. The standard InChI is InChI=1S/C7H4NO2S2.Na/c9-12(10)7-8-5-3-1-2-4-6(5)11-7;/h1-4H;/q-1;+1. The zero-order valence-corrected chi connectivity index (χ0v) is 10.5. The summed E-state index contributed by atoms with van der Waals surface area (Å²) in [6.45, 7) is 0. The SMILES string of the molecule is O=[S-](=O)c1nc2ccccc2s1.[Na+]. The topological polar surface area (TPSA) is 47.0 Å². The van der Waals surface area contributed by atoms with Crippen LogP contribution in [0, 0.1) is 0 Å². The molecule has 0 unspecified atom stereocenters. The van der Waals surface area contributed by atoms with Gasteiger partial charge < -0.3 is 8.42 Å². The Labute approximate surface area is 103 Å². The van der Waals surface area contributed by atoms with Gasteiger partial charge in [-0.3, -0.25) is 4.98 Å². The molecule has 0 fully saturated rings. The van der Waals surface area contributed by atoms with Crippen LogP contribution in [0.3, 0.4) is 0 Å². The van der Waals surface area contributed by atoms with Crippen molar-refractivity contribution in [3.63, 3.8) is 0 Å². The van der Waals surface area contributed by atoms with Crippen LogP contribution in [0.25, 0.3) is 10.2 Å². The first-order valence-corrected chi connectivity index (χ1v) is 5.11. The molecule has 0 aliphatic carbocycles. The van der Waals surface area contributed by atoms with E-state index in [1.54, 1.807) is 6.07 Å². The molecule has 0 spiro atoms. The first-order chi connectivity index (χ1) is 5.77. The van der Waals surface area contributed by atoms with Gasteiger partial charge in [-0.1, -0.05) is 12.1 Å². The fourth-order valence-corrected chi connectivity index (χ4v) is 2.33. The van der Waals surface area contributed by atoms with Gasteiger partial charge in [0.25, 0.3) is 0 Å². The molecular weight excluding hydrogens is 217 g/mol. The van der Waals surface area contributed by atoms with Crippen LogP contribution in [0.15, 0.2) is 28.6 Å². The predicted octanol–water partition coefficient (Wildman–Crippen LogP) is -1.03. The molecule has 0 bridgehead atoms. The maximum absolute atomic E-state index is 10.5. The van der Waals surface area contributed by atoms with Crippen LogP contribution in [0.2, 0.25) is 0 Å². The third-order valence-electron chi connectivity index (χ3n) is 1.42. The fourth-order valence-electron chi connectivity index (χ4n) is 0.922. The van der Waals surface area contributed by atoms with Gasteiger partial charge in [-0.15, -0.1) is 11.3 Å². The van der Waals surface area contributed by atoms with Crippen LogP contribution >= 0.6 is 11.3 Å². The number of rotatable bonds is 1. The van der Waals surface area contributed by atoms with E-state index in [-0.39, 0.29) is 33.9 Å². The minimum Gasteiger partial charge on any atom is -0.417 e. The molecular formula is C7H4NNaO2S2. The van der Waals surface area contributed by atoms with Crippen molar-refractivity contribution >= 4 is 32.3 Å². The van der Waals surface area contributed by atoms with E-state index < -0.39 is 10.7 Å². The summed E-state index contributed by atoms with van der Waals surface area (Å²) in [5.41, 5.74) is 0.738. The second-order valence-electron chi connectivity index (χ2n) is 2.18. The summed E-state index contributed by atoms with van der Waals surface area (Å²) in [7, 11) is -2.20. The monoisotopic (exact) mass is 221 g/mol. The van der Waals surface area contributed by atoms with Gasteiger partial charge in [-0.25, -0.2) is 0 Å². The third-order valence-corrected chi connectivity index (χ3v) is 3.28. The van der Waals surface area contributed by atoms with Crippen molar-refractivity contribution in [2.75, 3.05) is 0 Å². The number of benzene rings is 1. The second-order valence-corrected chi connectivity index (χ2v) is 4.33. The van der Waals surface area contributed by atoms with E-state index in [0.717, 1.165) is 10.2 Å². The Morgan fingerprint density at radius 2 is 1.92 bits per heavy atom. The van der Waals surface area contributed by atoms with Crippen molar-refractivity contribution in [3.8, 4) is 0 Å². The van der Waals surface area contributed by atoms with Crippen LogP contribution in [0.1, 0.15) is 0 Å². The van der Waals surface area contributed by atoms with Gasteiger partial charge in [0.2, 0.25) is 0 Å². The van der Waals surface area contributed by atoms with Crippen molar-refractivity contribution in [3.05, 3.63) is 24.3 Å². The summed E-state index contributed by atoms with van der Waals surface area (Å²) in [4.78, 5) is 3.92. The number of para-hydroxylation sites is 1. The fraction of sp³-hybridized carbons (Fsp3) is 0. The Hall–Kier alpha value is 0.0600. The summed E-state index contributed by atoms with van der Waals surface area (Å²) in [6.07, 6.45) is 0. The van der Waals surface area contributed by atoms with E-state index in [9.17, 15) is 8.42 Å². The van der Waals surface area contributed by atoms with Crippen molar-refractivity contribution in [1.82, 2.24) is 4.98 Å². The Bertz CT molecular complexity index is 451. The molecule has 0 N–H and O–H groups in total. The van der Waals surface area contributed by atoms with Gasteiger partial charge in [-0.05, 0) is 22.8 Å². The summed E-state index contributed by atoms with van der Waals surface area (Å²) in [5.74, 6) is 0. The molecule has 62 valence electrons. The molecule has 1 aromatic heterocycles. The minimum absolute atomic E-state index is 0. The zero-order chi connectivity index (χ0) is 8.55. The summed E-state index contributed by atoms with van der Waals surface area (Å²) in [5, 5.41) is 0.